The molecule has 1 atom stereocenters. The van der Waals surface area contributed by atoms with Crippen LogP contribution in [0.1, 0.15) is 38.8 Å². The van der Waals surface area contributed by atoms with Gasteiger partial charge in [0.2, 0.25) is 0 Å². The molecule has 1 aromatic rings. The molecule has 3 heteroatoms. The maximum atomic E-state index is 4.49. The van der Waals surface area contributed by atoms with Gasteiger partial charge in [0.15, 0.2) is 0 Å². The lowest BCUT2D eigenvalue weighted by molar-refractivity contribution is 0.594. The third kappa shape index (κ3) is 3.20. The Balaban J connectivity index is 2.90. The number of anilines is 1. The maximum absolute atomic E-state index is 4.49. The first kappa shape index (κ1) is 13.0. The quantitative estimate of drug-likeness (QED) is 0.800. The zero-order chi connectivity index (χ0) is 12.0. The maximum Gasteiger partial charge on any atom is 0.133 e. The van der Waals surface area contributed by atoms with E-state index < -0.39 is 0 Å². The van der Waals surface area contributed by atoms with Crippen molar-refractivity contribution >= 4 is 5.82 Å². The van der Waals surface area contributed by atoms with Gasteiger partial charge >= 0.3 is 0 Å². The van der Waals surface area contributed by atoms with Crippen LogP contribution >= 0.6 is 0 Å². The molecule has 0 saturated heterocycles. The molecule has 0 aliphatic rings. The second kappa shape index (κ2) is 6.48. The van der Waals surface area contributed by atoms with Gasteiger partial charge in [0.1, 0.15) is 5.82 Å². The summed E-state index contributed by atoms with van der Waals surface area (Å²) in [7, 11) is 2.11. The van der Waals surface area contributed by atoms with Gasteiger partial charge in [-0.15, -0.1) is 0 Å². The van der Waals surface area contributed by atoms with E-state index in [9.17, 15) is 0 Å². The minimum Gasteiger partial charge on any atom is -0.359 e. The van der Waals surface area contributed by atoms with Crippen molar-refractivity contribution in [3.8, 4) is 0 Å². The molecular weight excluding hydrogens is 198 g/mol. The molecule has 90 valence electrons. The molecule has 0 spiro atoms. The Kier molecular flexibility index (Phi) is 5.26. The van der Waals surface area contributed by atoms with E-state index in [-0.39, 0.29) is 0 Å². The average molecular weight is 221 g/mol. The monoisotopic (exact) mass is 221 g/mol. The van der Waals surface area contributed by atoms with Crippen LogP contribution in [0.3, 0.4) is 0 Å². The molecule has 1 aromatic heterocycles. The molecule has 1 heterocycles. The molecule has 1 unspecified atom stereocenters. The number of rotatable bonds is 6. The van der Waals surface area contributed by atoms with Crippen molar-refractivity contribution in [2.45, 2.75) is 33.2 Å². The summed E-state index contributed by atoms with van der Waals surface area (Å²) in [6.07, 6.45) is 3.01. The lowest BCUT2D eigenvalue weighted by Gasteiger charge is -2.23. The van der Waals surface area contributed by atoms with E-state index >= 15 is 0 Å². The molecule has 0 bridgehead atoms. The van der Waals surface area contributed by atoms with Crippen LogP contribution in [0.5, 0.6) is 0 Å². The first-order valence-electron chi connectivity index (χ1n) is 6.10. The standard InChI is InChI=1S/C13H23N3/c1-5-10-16(4)13-12(8-7-9-15-13)11(3)14-6-2/h7-9,11,14H,5-6,10H2,1-4H3. The highest BCUT2D eigenvalue weighted by molar-refractivity contribution is 5.47. The summed E-state index contributed by atoms with van der Waals surface area (Å²) in [5.41, 5.74) is 1.28. The second-order valence-electron chi connectivity index (χ2n) is 4.12. The minimum absolute atomic E-state index is 0.355. The van der Waals surface area contributed by atoms with Crippen molar-refractivity contribution in [2.24, 2.45) is 0 Å². The number of hydrogen-bond donors (Lipinski definition) is 1. The van der Waals surface area contributed by atoms with Gasteiger partial charge in [-0.2, -0.15) is 0 Å². The molecule has 0 saturated carbocycles. The highest BCUT2D eigenvalue weighted by Crippen LogP contribution is 2.22. The number of nitrogens with one attached hydrogen (secondary N) is 1. The molecule has 1 rings (SSSR count). The highest BCUT2D eigenvalue weighted by Gasteiger charge is 2.12. The number of nitrogens with zero attached hydrogens (tertiary/aromatic N) is 2. The molecule has 0 aromatic carbocycles. The summed E-state index contributed by atoms with van der Waals surface area (Å²) in [6.45, 7) is 8.52. The Morgan fingerprint density at radius 1 is 1.44 bits per heavy atom. The normalized spacial score (nSPS) is 12.5. The highest BCUT2D eigenvalue weighted by atomic mass is 15.2. The van der Waals surface area contributed by atoms with Crippen LogP contribution in [0, 0.1) is 0 Å². The Hall–Kier alpha value is -1.09. The SMILES string of the molecule is CCCN(C)c1ncccc1C(C)NCC. The lowest BCUT2D eigenvalue weighted by Crippen LogP contribution is -2.25. The van der Waals surface area contributed by atoms with Gasteiger partial charge in [-0.1, -0.05) is 19.9 Å². The predicted octanol–water partition coefficient (Wildman–Crippen LogP) is 2.60. The molecule has 1 N–H and O–H groups in total. The van der Waals surface area contributed by atoms with Gasteiger partial charge in [-0.05, 0) is 26.0 Å². The lowest BCUT2D eigenvalue weighted by atomic mass is 10.1. The Morgan fingerprint density at radius 3 is 2.81 bits per heavy atom. The third-order valence-corrected chi connectivity index (χ3v) is 2.71. The van der Waals surface area contributed by atoms with E-state index in [1.807, 2.05) is 12.3 Å². The summed E-state index contributed by atoms with van der Waals surface area (Å²) in [6, 6.07) is 4.52. The Bertz CT molecular complexity index is 281. The molecule has 0 amide bonds. The van der Waals surface area contributed by atoms with Crippen LogP contribution in [0.4, 0.5) is 5.82 Å². The third-order valence-electron chi connectivity index (χ3n) is 2.71. The van der Waals surface area contributed by atoms with Crippen LogP contribution in [0.15, 0.2) is 18.3 Å². The van der Waals surface area contributed by atoms with Crippen molar-refractivity contribution in [3.63, 3.8) is 0 Å². The molecular formula is C13H23N3. The van der Waals surface area contributed by atoms with Crippen LogP contribution in [0.25, 0.3) is 0 Å². The van der Waals surface area contributed by atoms with E-state index in [0.717, 1.165) is 25.3 Å². The molecule has 0 fully saturated rings. The van der Waals surface area contributed by atoms with Gasteiger partial charge in [0, 0.05) is 31.4 Å². The molecule has 0 aliphatic carbocycles. The van der Waals surface area contributed by atoms with Crippen LogP contribution < -0.4 is 10.2 Å². The van der Waals surface area contributed by atoms with Crippen molar-refractivity contribution in [3.05, 3.63) is 23.9 Å². The Labute approximate surface area is 98.9 Å². The van der Waals surface area contributed by atoms with Gasteiger partial charge in [0.05, 0.1) is 0 Å². The van der Waals surface area contributed by atoms with E-state index in [0.29, 0.717) is 6.04 Å². The van der Waals surface area contributed by atoms with Gasteiger partial charge < -0.3 is 10.2 Å². The summed E-state index contributed by atoms with van der Waals surface area (Å²) >= 11 is 0. The first-order chi connectivity index (χ1) is 7.70. The molecule has 3 nitrogen and oxygen atoms in total. The summed E-state index contributed by atoms with van der Waals surface area (Å²) in [4.78, 5) is 6.71. The number of aromatic nitrogens is 1. The predicted molar refractivity (Wildman–Crippen MR) is 69.9 cm³/mol. The topological polar surface area (TPSA) is 28.2 Å². The van der Waals surface area contributed by atoms with Crippen LogP contribution in [0.2, 0.25) is 0 Å². The summed E-state index contributed by atoms with van der Waals surface area (Å²) < 4.78 is 0. The van der Waals surface area contributed by atoms with Crippen LogP contribution in [-0.2, 0) is 0 Å². The summed E-state index contributed by atoms with van der Waals surface area (Å²) in [5.74, 6) is 1.10. The fraction of sp³-hybridized carbons (Fsp3) is 0.615. The number of hydrogen-bond acceptors (Lipinski definition) is 3. The summed E-state index contributed by atoms with van der Waals surface area (Å²) in [5, 5.41) is 3.43. The van der Waals surface area contributed by atoms with Gasteiger partial charge in [-0.25, -0.2) is 4.98 Å². The van der Waals surface area contributed by atoms with Gasteiger partial charge in [-0.3, -0.25) is 0 Å². The van der Waals surface area contributed by atoms with E-state index in [1.54, 1.807) is 0 Å². The van der Waals surface area contributed by atoms with E-state index in [4.69, 9.17) is 0 Å². The zero-order valence-electron chi connectivity index (χ0n) is 10.8. The molecule has 0 radical (unpaired) electrons. The zero-order valence-corrected chi connectivity index (χ0v) is 10.8. The van der Waals surface area contributed by atoms with E-state index in [2.05, 4.69) is 49.1 Å². The van der Waals surface area contributed by atoms with Crippen molar-refractivity contribution < 1.29 is 0 Å². The van der Waals surface area contributed by atoms with Crippen molar-refractivity contribution in [2.75, 3.05) is 25.0 Å². The first-order valence-corrected chi connectivity index (χ1v) is 6.10. The number of pyridine rings is 1. The fourth-order valence-electron chi connectivity index (χ4n) is 1.92. The van der Waals surface area contributed by atoms with Crippen molar-refractivity contribution in [1.29, 1.82) is 0 Å². The minimum atomic E-state index is 0.355. The van der Waals surface area contributed by atoms with E-state index in [1.165, 1.54) is 5.56 Å². The van der Waals surface area contributed by atoms with Crippen LogP contribution in [-0.4, -0.2) is 25.1 Å². The second-order valence-corrected chi connectivity index (χ2v) is 4.12. The smallest absolute Gasteiger partial charge is 0.133 e. The molecule has 16 heavy (non-hydrogen) atoms. The van der Waals surface area contributed by atoms with Gasteiger partial charge in [0.25, 0.3) is 0 Å². The average Bonchev–Trinajstić information content (AvgIpc) is 2.30. The fourth-order valence-corrected chi connectivity index (χ4v) is 1.92. The molecule has 0 aliphatic heterocycles. The Morgan fingerprint density at radius 2 is 2.19 bits per heavy atom. The largest absolute Gasteiger partial charge is 0.359 e. The van der Waals surface area contributed by atoms with Crippen molar-refractivity contribution in [1.82, 2.24) is 10.3 Å².